The molecule has 0 amide bonds. The Morgan fingerprint density at radius 3 is 2.19 bits per heavy atom. The van der Waals surface area contributed by atoms with Crippen molar-refractivity contribution in [2.45, 2.75) is 5.33 Å². The number of hydrogen-bond donors (Lipinski definition) is 0. The third kappa shape index (κ3) is 3.16. The molecule has 126 valence electrons. The Morgan fingerprint density at radius 1 is 0.654 bits per heavy atom. The summed E-state index contributed by atoms with van der Waals surface area (Å²) in [6.07, 6.45) is 5.45. The Hall–Kier alpha value is -2.85. The molecule has 0 saturated carbocycles. The molecule has 4 rings (SSSR count). The zero-order valence-electron chi connectivity index (χ0n) is 14.0. The second kappa shape index (κ2) is 7.58. The average molecular weight is 402 g/mol. The summed E-state index contributed by atoms with van der Waals surface area (Å²) in [5, 5.41) is 0.749. The maximum absolute atomic E-state index is 4.71. The minimum atomic E-state index is 0.749. The van der Waals surface area contributed by atoms with Gasteiger partial charge >= 0.3 is 0 Å². The third-order valence-corrected chi connectivity index (χ3v) is 4.82. The normalized spacial score (nSPS) is 10.7. The molecule has 0 aliphatic rings. The van der Waals surface area contributed by atoms with E-state index < -0.39 is 0 Å². The standard InChI is InChI=1S/C22H16BrN3/c23-15-17-11-14-26-22(20(17)16-7-2-1-3-8-16)21-18(9-6-13-25-21)19-10-4-5-12-24-19/h1-14H,15H2. The molecule has 3 heterocycles. The Labute approximate surface area is 160 Å². The zero-order valence-corrected chi connectivity index (χ0v) is 15.6. The van der Waals surface area contributed by atoms with Crippen LogP contribution in [0.4, 0.5) is 0 Å². The summed E-state index contributed by atoms with van der Waals surface area (Å²) in [6, 6.07) is 22.2. The van der Waals surface area contributed by atoms with Gasteiger partial charge in [0.05, 0.1) is 17.1 Å². The van der Waals surface area contributed by atoms with Gasteiger partial charge in [0, 0.05) is 35.0 Å². The van der Waals surface area contributed by atoms with E-state index in [2.05, 4.69) is 38.0 Å². The molecule has 4 aromatic rings. The van der Waals surface area contributed by atoms with Crippen molar-refractivity contribution in [3.63, 3.8) is 0 Å². The lowest BCUT2D eigenvalue weighted by atomic mass is 9.95. The van der Waals surface area contributed by atoms with E-state index in [1.165, 1.54) is 5.56 Å². The van der Waals surface area contributed by atoms with Gasteiger partial charge in [-0.2, -0.15) is 0 Å². The number of rotatable bonds is 4. The van der Waals surface area contributed by atoms with Crippen LogP contribution in [0.2, 0.25) is 0 Å². The molecule has 0 N–H and O–H groups in total. The van der Waals surface area contributed by atoms with Crippen LogP contribution in [-0.2, 0) is 5.33 Å². The fourth-order valence-corrected chi connectivity index (χ4v) is 3.51. The highest BCUT2D eigenvalue weighted by atomic mass is 79.9. The lowest BCUT2D eigenvalue weighted by Crippen LogP contribution is -1.98. The number of alkyl halides is 1. The maximum atomic E-state index is 4.71. The van der Waals surface area contributed by atoms with E-state index in [-0.39, 0.29) is 0 Å². The van der Waals surface area contributed by atoms with Crippen LogP contribution in [0.15, 0.2) is 85.3 Å². The van der Waals surface area contributed by atoms with E-state index >= 15 is 0 Å². The lowest BCUT2D eigenvalue weighted by Gasteiger charge is -2.15. The molecule has 0 radical (unpaired) electrons. The molecule has 0 aliphatic carbocycles. The Bertz CT molecular complexity index is 1020. The van der Waals surface area contributed by atoms with Crippen LogP contribution in [-0.4, -0.2) is 15.0 Å². The first-order valence-electron chi connectivity index (χ1n) is 8.34. The van der Waals surface area contributed by atoms with Crippen molar-refractivity contribution in [1.29, 1.82) is 0 Å². The molecular weight excluding hydrogens is 386 g/mol. The fourth-order valence-electron chi connectivity index (χ4n) is 3.04. The van der Waals surface area contributed by atoms with Gasteiger partial charge in [0.1, 0.15) is 0 Å². The van der Waals surface area contributed by atoms with Gasteiger partial charge in [-0.1, -0.05) is 52.3 Å². The van der Waals surface area contributed by atoms with Crippen molar-refractivity contribution in [3.05, 3.63) is 90.9 Å². The molecule has 0 unspecified atom stereocenters. The van der Waals surface area contributed by atoms with Crippen LogP contribution in [0.1, 0.15) is 5.56 Å². The predicted molar refractivity (Wildman–Crippen MR) is 109 cm³/mol. The summed E-state index contributed by atoms with van der Waals surface area (Å²) in [6.45, 7) is 0. The average Bonchev–Trinajstić information content (AvgIpc) is 2.74. The topological polar surface area (TPSA) is 38.7 Å². The molecule has 1 aromatic carbocycles. The summed E-state index contributed by atoms with van der Waals surface area (Å²) in [5.41, 5.74) is 6.98. The highest BCUT2D eigenvalue weighted by Crippen LogP contribution is 2.37. The van der Waals surface area contributed by atoms with Crippen LogP contribution in [0, 0.1) is 0 Å². The van der Waals surface area contributed by atoms with Gasteiger partial charge < -0.3 is 0 Å². The minimum absolute atomic E-state index is 0.749. The molecule has 0 aliphatic heterocycles. The summed E-state index contributed by atoms with van der Waals surface area (Å²) >= 11 is 3.62. The number of hydrogen-bond acceptors (Lipinski definition) is 3. The Kier molecular flexibility index (Phi) is 4.84. The SMILES string of the molecule is BrCc1ccnc(-c2ncccc2-c2ccccn2)c1-c1ccccc1. The molecular formula is C22H16BrN3. The van der Waals surface area contributed by atoms with Crippen LogP contribution in [0.5, 0.6) is 0 Å². The van der Waals surface area contributed by atoms with Crippen molar-refractivity contribution in [1.82, 2.24) is 15.0 Å². The first-order chi connectivity index (χ1) is 12.9. The van der Waals surface area contributed by atoms with E-state index in [1.54, 1.807) is 12.4 Å². The maximum Gasteiger partial charge on any atom is 0.0986 e. The molecule has 26 heavy (non-hydrogen) atoms. The quantitative estimate of drug-likeness (QED) is 0.407. The van der Waals surface area contributed by atoms with Crippen LogP contribution >= 0.6 is 15.9 Å². The van der Waals surface area contributed by atoms with Gasteiger partial charge in [-0.3, -0.25) is 15.0 Å². The van der Waals surface area contributed by atoms with E-state index in [4.69, 9.17) is 4.98 Å². The Balaban J connectivity index is 1.99. The van der Waals surface area contributed by atoms with Crippen molar-refractivity contribution in [3.8, 4) is 33.8 Å². The molecule has 0 atom stereocenters. The molecule has 0 bridgehead atoms. The summed E-state index contributed by atoms with van der Waals surface area (Å²) in [5.74, 6) is 0. The van der Waals surface area contributed by atoms with Gasteiger partial charge in [0.25, 0.3) is 0 Å². The molecule has 4 heteroatoms. The van der Waals surface area contributed by atoms with E-state index in [0.717, 1.165) is 39.1 Å². The minimum Gasteiger partial charge on any atom is -0.256 e. The highest BCUT2D eigenvalue weighted by Gasteiger charge is 2.18. The zero-order chi connectivity index (χ0) is 17.8. The monoisotopic (exact) mass is 401 g/mol. The number of nitrogens with zero attached hydrogens (tertiary/aromatic N) is 3. The summed E-state index contributed by atoms with van der Waals surface area (Å²) in [4.78, 5) is 13.9. The molecule has 3 nitrogen and oxygen atoms in total. The second-order valence-corrected chi connectivity index (χ2v) is 6.37. The fraction of sp³-hybridized carbons (Fsp3) is 0.0455. The number of aromatic nitrogens is 3. The van der Waals surface area contributed by atoms with Crippen LogP contribution < -0.4 is 0 Å². The third-order valence-electron chi connectivity index (χ3n) is 4.22. The van der Waals surface area contributed by atoms with Crippen molar-refractivity contribution >= 4 is 15.9 Å². The highest BCUT2D eigenvalue weighted by molar-refractivity contribution is 9.08. The lowest BCUT2D eigenvalue weighted by molar-refractivity contribution is 1.22. The Morgan fingerprint density at radius 2 is 1.42 bits per heavy atom. The van der Waals surface area contributed by atoms with E-state index in [1.807, 2.05) is 60.8 Å². The summed E-state index contributed by atoms with van der Waals surface area (Å²) < 4.78 is 0. The molecule has 0 spiro atoms. The molecule has 3 aromatic heterocycles. The van der Waals surface area contributed by atoms with Gasteiger partial charge in [-0.05, 0) is 41.5 Å². The number of pyridine rings is 3. The second-order valence-electron chi connectivity index (χ2n) is 5.81. The number of benzene rings is 1. The predicted octanol–water partition coefficient (Wildman–Crippen LogP) is 5.77. The van der Waals surface area contributed by atoms with Crippen molar-refractivity contribution in [2.75, 3.05) is 0 Å². The smallest absolute Gasteiger partial charge is 0.0986 e. The van der Waals surface area contributed by atoms with Crippen LogP contribution in [0.25, 0.3) is 33.8 Å². The number of halogens is 1. The largest absolute Gasteiger partial charge is 0.256 e. The van der Waals surface area contributed by atoms with Gasteiger partial charge in [0.2, 0.25) is 0 Å². The van der Waals surface area contributed by atoms with Gasteiger partial charge in [-0.15, -0.1) is 0 Å². The van der Waals surface area contributed by atoms with Crippen molar-refractivity contribution < 1.29 is 0 Å². The van der Waals surface area contributed by atoms with Gasteiger partial charge in [0.15, 0.2) is 0 Å². The summed E-state index contributed by atoms with van der Waals surface area (Å²) in [7, 11) is 0. The van der Waals surface area contributed by atoms with E-state index in [9.17, 15) is 0 Å². The van der Waals surface area contributed by atoms with E-state index in [0.29, 0.717) is 0 Å². The van der Waals surface area contributed by atoms with Gasteiger partial charge in [-0.25, -0.2) is 0 Å². The first kappa shape index (κ1) is 16.6. The molecule has 0 fully saturated rings. The van der Waals surface area contributed by atoms with Crippen LogP contribution in [0.3, 0.4) is 0 Å². The van der Waals surface area contributed by atoms with Crippen molar-refractivity contribution in [2.24, 2.45) is 0 Å². The molecule has 0 saturated heterocycles. The first-order valence-corrected chi connectivity index (χ1v) is 9.46.